The minimum atomic E-state index is 0.771. The van der Waals surface area contributed by atoms with E-state index in [1.54, 1.807) is 0 Å². The van der Waals surface area contributed by atoms with Crippen LogP contribution in [-0.2, 0) is 25.9 Å². The van der Waals surface area contributed by atoms with Crippen LogP contribution in [0.3, 0.4) is 0 Å². The van der Waals surface area contributed by atoms with Crippen molar-refractivity contribution in [1.29, 1.82) is 0 Å². The van der Waals surface area contributed by atoms with Crippen LogP contribution in [0.2, 0.25) is 0 Å². The summed E-state index contributed by atoms with van der Waals surface area (Å²) >= 11 is 0. The molecule has 0 amide bonds. The Balaban J connectivity index is 1.52. The topological polar surface area (TPSA) is 68.2 Å². The van der Waals surface area contributed by atoms with Crippen molar-refractivity contribution in [3.63, 3.8) is 0 Å². The van der Waals surface area contributed by atoms with Gasteiger partial charge in [0.2, 0.25) is 0 Å². The lowest BCUT2D eigenvalue weighted by atomic mass is 9.96. The lowest BCUT2D eigenvalue weighted by molar-refractivity contribution is 0.299. The van der Waals surface area contributed by atoms with Crippen LogP contribution in [-0.4, -0.2) is 27.4 Å². The van der Waals surface area contributed by atoms with E-state index in [9.17, 15) is 0 Å². The number of benzene rings is 1. The van der Waals surface area contributed by atoms with Gasteiger partial charge in [0, 0.05) is 25.1 Å². The second kappa shape index (κ2) is 5.53. The number of fused-ring (bicyclic) bond motifs is 2. The molecule has 0 saturated heterocycles. The monoisotopic (exact) mass is 298 g/mol. The molecule has 2 heterocycles. The second-order valence-electron chi connectivity index (χ2n) is 5.96. The SMILES string of the molecule is CN(Cc1noc2c1CCCC2)Cc1cccc2nonc12. The van der Waals surface area contributed by atoms with Crippen molar-refractivity contribution in [3.05, 3.63) is 40.8 Å². The molecular weight excluding hydrogens is 280 g/mol. The first-order valence-corrected chi connectivity index (χ1v) is 7.66. The molecule has 0 unspecified atom stereocenters. The average Bonchev–Trinajstić information content (AvgIpc) is 3.15. The number of hydrogen-bond donors (Lipinski definition) is 0. The summed E-state index contributed by atoms with van der Waals surface area (Å²) < 4.78 is 10.3. The molecule has 0 N–H and O–H groups in total. The standard InChI is InChI=1S/C16H18N4O2/c1-20(9-11-5-4-7-13-16(11)19-22-18-13)10-14-12-6-2-3-8-15(12)21-17-14/h4-5,7H,2-3,6,8-10H2,1H3. The first-order chi connectivity index (χ1) is 10.8. The summed E-state index contributed by atoms with van der Waals surface area (Å²) in [6, 6.07) is 5.94. The summed E-state index contributed by atoms with van der Waals surface area (Å²) in [5.41, 5.74) is 5.13. The van der Waals surface area contributed by atoms with Gasteiger partial charge in [-0.25, -0.2) is 4.63 Å². The van der Waals surface area contributed by atoms with Crippen LogP contribution in [0.5, 0.6) is 0 Å². The van der Waals surface area contributed by atoms with E-state index in [4.69, 9.17) is 9.15 Å². The maximum absolute atomic E-state index is 5.48. The number of rotatable bonds is 4. The zero-order valence-corrected chi connectivity index (χ0v) is 12.6. The second-order valence-corrected chi connectivity index (χ2v) is 5.96. The van der Waals surface area contributed by atoms with Gasteiger partial charge in [0.15, 0.2) is 0 Å². The van der Waals surface area contributed by atoms with E-state index >= 15 is 0 Å². The maximum Gasteiger partial charge on any atom is 0.140 e. The zero-order valence-electron chi connectivity index (χ0n) is 12.6. The first kappa shape index (κ1) is 13.5. The summed E-state index contributed by atoms with van der Waals surface area (Å²) in [5, 5.41) is 12.1. The molecule has 6 nitrogen and oxygen atoms in total. The van der Waals surface area contributed by atoms with Gasteiger partial charge in [-0.3, -0.25) is 4.90 Å². The van der Waals surface area contributed by atoms with Crippen molar-refractivity contribution in [2.24, 2.45) is 0 Å². The van der Waals surface area contributed by atoms with Gasteiger partial charge in [-0.15, -0.1) is 0 Å². The molecule has 1 aromatic carbocycles. The number of aromatic nitrogens is 3. The Kier molecular flexibility index (Phi) is 3.38. The Morgan fingerprint density at radius 1 is 1.09 bits per heavy atom. The zero-order chi connectivity index (χ0) is 14.9. The quantitative estimate of drug-likeness (QED) is 0.737. The van der Waals surface area contributed by atoms with Crippen LogP contribution in [0.15, 0.2) is 27.4 Å². The summed E-state index contributed by atoms with van der Waals surface area (Å²) in [6.07, 6.45) is 4.55. The van der Waals surface area contributed by atoms with Crippen LogP contribution < -0.4 is 0 Å². The lowest BCUT2D eigenvalue weighted by Gasteiger charge is -2.16. The average molecular weight is 298 g/mol. The van der Waals surface area contributed by atoms with Gasteiger partial charge in [-0.1, -0.05) is 17.3 Å². The highest BCUT2D eigenvalue weighted by Crippen LogP contribution is 2.25. The Labute approximate surface area is 128 Å². The van der Waals surface area contributed by atoms with Gasteiger partial charge in [0.05, 0.1) is 0 Å². The van der Waals surface area contributed by atoms with Crippen LogP contribution in [0, 0.1) is 0 Å². The van der Waals surface area contributed by atoms with Crippen LogP contribution in [0.1, 0.15) is 35.4 Å². The van der Waals surface area contributed by atoms with E-state index in [1.807, 2.05) is 12.1 Å². The van der Waals surface area contributed by atoms with Crippen molar-refractivity contribution in [2.45, 2.75) is 38.8 Å². The molecule has 0 spiro atoms. The maximum atomic E-state index is 5.48. The lowest BCUT2D eigenvalue weighted by Crippen LogP contribution is -2.19. The molecule has 0 saturated carbocycles. The third-order valence-electron chi connectivity index (χ3n) is 4.26. The third kappa shape index (κ3) is 2.39. The van der Waals surface area contributed by atoms with Crippen molar-refractivity contribution in [2.75, 3.05) is 7.05 Å². The highest BCUT2D eigenvalue weighted by Gasteiger charge is 2.20. The van der Waals surface area contributed by atoms with E-state index in [1.165, 1.54) is 18.4 Å². The van der Waals surface area contributed by atoms with Gasteiger partial charge in [0.1, 0.15) is 22.5 Å². The van der Waals surface area contributed by atoms with Gasteiger partial charge < -0.3 is 4.52 Å². The fourth-order valence-electron chi connectivity index (χ4n) is 3.17. The van der Waals surface area contributed by atoms with Gasteiger partial charge in [-0.05, 0) is 48.3 Å². The van der Waals surface area contributed by atoms with Crippen molar-refractivity contribution < 1.29 is 9.15 Å². The molecule has 6 heteroatoms. The largest absolute Gasteiger partial charge is 0.361 e. The van der Waals surface area contributed by atoms with Crippen molar-refractivity contribution in [1.82, 2.24) is 20.4 Å². The molecule has 114 valence electrons. The number of nitrogens with zero attached hydrogens (tertiary/aromatic N) is 4. The minimum absolute atomic E-state index is 0.771. The van der Waals surface area contributed by atoms with Crippen LogP contribution in [0.4, 0.5) is 0 Å². The fourth-order valence-corrected chi connectivity index (χ4v) is 3.17. The number of hydrogen-bond acceptors (Lipinski definition) is 6. The van der Waals surface area contributed by atoms with E-state index in [2.05, 4.69) is 33.5 Å². The van der Waals surface area contributed by atoms with Gasteiger partial charge in [-0.2, -0.15) is 0 Å². The smallest absolute Gasteiger partial charge is 0.140 e. The van der Waals surface area contributed by atoms with Gasteiger partial charge in [0.25, 0.3) is 0 Å². The molecule has 0 bridgehead atoms. The molecule has 0 atom stereocenters. The predicted molar refractivity (Wildman–Crippen MR) is 80.1 cm³/mol. The molecule has 1 aliphatic rings. The Morgan fingerprint density at radius 3 is 2.95 bits per heavy atom. The molecular formula is C16H18N4O2. The third-order valence-corrected chi connectivity index (χ3v) is 4.26. The molecule has 0 aliphatic heterocycles. The molecule has 4 rings (SSSR count). The van der Waals surface area contributed by atoms with Gasteiger partial charge >= 0.3 is 0 Å². The van der Waals surface area contributed by atoms with Crippen LogP contribution >= 0.6 is 0 Å². The van der Waals surface area contributed by atoms with E-state index in [0.29, 0.717) is 0 Å². The van der Waals surface area contributed by atoms with Crippen molar-refractivity contribution in [3.8, 4) is 0 Å². The van der Waals surface area contributed by atoms with E-state index in [0.717, 1.165) is 54.0 Å². The molecule has 22 heavy (non-hydrogen) atoms. The normalized spacial score (nSPS) is 14.6. The van der Waals surface area contributed by atoms with Crippen LogP contribution in [0.25, 0.3) is 11.0 Å². The molecule has 0 fully saturated rings. The Bertz CT molecular complexity index is 792. The molecule has 1 aliphatic carbocycles. The number of aryl methyl sites for hydroxylation is 1. The summed E-state index contributed by atoms with van der Waals surface area (Å²) in [4.78, 5) is 2.22. The molecule has 3 aromatic rings. The summed E-state index contributed by atoms with van der Waals surface area (Å²) in [7, 11) is 2.08. The highest BCUT2D eigenvalue weighted by atomic mass is 16.6. The Morgan fingerprint density at radius 2 is 2.00 bits per heavy atom. The highest BCUT2D eigenvalue weighted by molar-refractivity contribution is 5.76. The molecule has 2 aromatic heterocycles. The summed E-state index contributed by atoms with van der Waals surface area (Å²) in [5.74, 6) is 1.08. The Hall–Kier alpha value is -2.21. The van der Waals surface area contributed by atoms with E-state index in [-0.39, 0.29) is 0 Å². The fraction of sp³-hybridized carbons (Fsp3) is 0.438. The van der Waals surface area contributed by atoms with E-state index < -0.39 is 0 Å². The summed E-state index contributed by atoms with van der Waals surface area (Å²) in [6.45, 7) is 1.55. The van der Waals surface area contributed by atoms with Crippen molar-refractivity contribution >= 4 is 11.0 Å². The first-order valence-electron chi connectivity index (χ1n) is 7.66. The predicted octanol–water partition coefficient (Wildman–Crippen LogP) is 2.72. The molecule has 0 radical (unpaired) electrons. The minimum Gasteiger partial charge on any atom is -0.361 e.